The van der Waals surface area contributed by atoms with Crippen molar-refractivity contribution >= 4 is 17.4 Å². The number of pyridine rings is 1. The fourth-order valence-electron chi connectivity index (χ4n) is 3.29. The van der Waals surface area contributed by atoms with Crippen LogP contribution >= 0.6 is 0 Å². The second kappa shape index (κ2) is 11.3. The number of hydrogen-bond acceptors (Lipinski definition) is 4. The maximum absolute atomic E-state index is 13.2. The monoisotopic (exact) mass is 430 g/mol. The van der Waals surface area contributed by atoms with Gasteiger partial charge in [0, 0.05) is 24.3 Å². The third kappa shape index (κ3) is 6.38. The van der Waals surface area contributed by atoms with Crippen LogP contribution in [0.5, 0.6) is 5.88 Å². The number of nitriles is 1. The highest BCUT2D eigenvalue weighted by atomic mass is 19.3. The Labute approximate surface area is 181 Å². The number of para-hydroxylation sites is 1. The van der Waals surface area contributed by atoms with Crippen LogP contribution < -0.4 is 15.0 Å². The molecule has 2 aromatic rings. The summed E-state index contributed by atoms with van der Waals surface area (Å²) in [6.07, 6.45) is 2.88. The molecule has 0 saturated heterocycles. The molecule has 1 aromatic heterocycles. The molecule has 8 heteroatoms. The molecule has 1 saturated carbocycles. The van der Waals surface area contributed by atoms with Gasteiger partial charge in [0.1, 0.15) is 5.69 Å². The fraction of sp³-hybridized carbons (Fsp3) is 0.435. The summed E-state index contributed by atoms with van der Waals surface area (Å²) in [5.74, 6) is -0.0422. The highest BCUT2D eigenvalue weighted by Crippen LogP contribution is 2.35. The standard InChI is InChI=1S/C21H25F2N3O2.C2H3N/c1-13(2)16-9-4-5-10-18(16)26(15-7-6-8-15)21(27)25-17-12-11-14(3)24-19(17)28-20(22)23;1-2-3/h4-5,9-13,15,20H,6-8H2,1-3H3,(H,25,27);1H3. The number of aromatic nitrogens is 1. The Morgan fingerprint density at radius 1 is 1.26 bits per heavy atom. The highest BCUT2D eigenvalue weighted by molar-refractivity contribution is 6.03. The quantitative estimate of drug-likeness (QED) is 0.589. The number of anilines is 2. The van der Waals surface area contributed by atoms with Crippen LogP contribution in [-0.2, 0) is 0 Å². The van der Waals surface area contributed by atoms with Crippen LogP contribution in [-0.4, -0.2) is 23.7 Å². The van der Waals surface area contributed by atoms with Crippen molar-refractivity contribution in [2.24, 2.45) is 0 Å². The van der Waals surface area contributed by atoms with Crippen molar-refractivity contribution in [1.82, 2.24) is 4.98 Å². The minimum Gasteiger partial charge on any atom is -0.415 e. The topological polar surface area (TPSA) is 78.2 Å². The molecule has 0 spiro atoms. The van der Waals surface area contributed by atoms with Crippen molar-refractivity contribution in [3.8, 4) is 11.9 Å². The molecule has 2 amide bonds. The van der Waals surface area contributed by atoms with E-state index in [1.807, 2.05) is 24.3 Å². The van der Waals surface area contributed by atoms with Gasteiger partial charge in [-0.05, 0) is 55.9 Å². The lowest BCUT2D eigenvalue weighted by molar-refractivity contribution is -0.0523. The Morgan fingerprint density at radius 2 is 1.90 bits per heavy atom. The summed E-state index contributed by atoms with van der Waals surface area (Å²) >= 11 is 0. The summed E-state index contributed by atoms with van der Waals surface area (Å²) in [6.45, 7) is 4.24. The number of carbonyl (C=O) groups is 1. The number of urea groups is 1. The van der Waals surface area contributed by atoms with Gasteiger partial charge < -0.3 is 10.1 Å². The van der Waals surface area contributed by atoms with Crippen molar-refractivity contribution in [2.75, 3.05) is 10.2 Å². The molecule has 1 aromatic carbocycles. The molecular weight excluding hydrogens is 402 g/mol. The summed E-state index contributed by atoms with van der Waals surface area (Å²) in [5, 5.41) is 10.0. The van der Waals surface area contributed by atoms with Gasteiger partial charge in [0.05, 0.1) is 6.07 Å². The first-order valence-corrected chi connectivity index (χ1v) is 10.2. The van der Waals surface area contributed by atoms with Crippen molar-refractivity contribution < 1.29 is 18.3 Å². The molecule has 6 nitrogen and oxygen atoms in total. The molecular formula is C23H28F2N4O2. The molecule has 166 valence electrons. The Bertz CT molecular complexity index is 924. The van der Waals surface area contributed by atoms with Gasteiger partial charge in [0.15, 0.2) is 0 Å². The van der Waals surface area contributed by atoms with Gasteiger partial charge in [-0.2, -0.15) is 14.0 Å². The van der Waals surface area contributed by atoms with E-state index in [0.717, 1.165) is 30.5 Å². The van der Waals surface area contributed by atoms with Crippen molar-refractivity contribution in [3.05, 3.63) is 47.7 Å². The lowest BCUT2D eigenvalue weighted by atomic mass is 9.90. The molecule has 1 aliphatic rings. The zero-order chi connectivity index (χ0) is 23.0. The van der Waals surface area contributed by atoms with Gasteiger partial charge in [0.2, 0.25) is 5.88 Å². The second-order valence-electron chi connectivity index (χ2n) is 7.51. The number of alkyl halides is 2. The second-order valence-corrected chi connectivity index (χ2v) is 7.51. The van der Waals surface area contributed by atoms with E-state index in [1.165, 1.54) is 13.0 Å². The van der Waals surface area contributed by atoms with E-state index in [2.05, 4.69) is 28.9 Å². The van der Waals surface area contributed by atoms with Crippen LogP contribution in [0, 0.1) is 18.3 Å². The van der Waals surface area contributed by atoms with Crippen LogP contribution in [0.15, 0.2) is 36.4 Å². The molecule has 0 radical (unpaired) electrons. The van der Waals surface area contributed by atoms with Crippen molar-refractivity contribution in [2.45, 2.75) is 65.5 Å². The zero-order valence-corrected chi connectivity index (χ0v) is 18.2. The van der Waals surface area contributed by atoms with Crippen LogP contribution in [0.3, 0.4) is 0 Å². The van der Waals surface area contributed by atoms with Crippen LogP contribution in [0.4, 0.5) is 25.0 Å². The zero-order valence-electron chi connectivity index (χ0n) is 18.2. The van der Waals surface area contributed by atoms with E-state index in [4.69, 9.17) is 5.26 Å². The first-order valence-electron chi connectivity index (χ1n) is 10.2. The van der Waals surface area contributed by atoms with Gasteiger partial charge in [-0.1, -0.05) is 32.0 Å². The van der Waals surface area contributed by atoms with E-state index in [1.54, 1.807) is 24.0 Å². The molecule has 1 aliphatic carbocycles. The van der Waals surface area contributed by atoms with Gasteiger partial charge >= 0.3 is 12.6 Å². The number of ether oxygens (including phenoxy) is 1. The third-order valence-corrected chi connectivity index (χ3v) is 4.92. The van der Waals surface area contributed by atoms with E-state index in [-0.39, 0.29) is 29.6 Å². The first-order chi connectivity index (χ1) is 14.8. The molecule has 1 fully saturated rings. The third-order valence-electron chi connectivity index (χ3n) is 4.92. The maximum atomic E-state index is 13.2. The molecule has 31 heavy (non-hydrogen) atoms. The molecule has 0 unspecified atom stereocenters. The van der Waals surface area contributed by atoms with Gasteiger partial charge in [-0.3, -0.25) is 4.90 Å². The summed E-state index contributed by atoms with van der Waals surface area (Å²) in [5.41, 5.74) is 2.56. The maximum Gasteiger partial charge on any atom is 0.388 e. The molecule has 1 N–H and O–H groups in total. The number of halogens is 2. The minimum atomic E-state index is -3.02. The number of nitrogens with one attached hydrogen (secondary N) is 1. The Kier molecular flexibility index (Phi) is 8.74. The summed E-state index contributed by atoms with van der Waals surface area (Å²) in [7, 11) is 0. The lowest BCUT2D eigenvalue weighted by Crippen LogP contribution is -2.47. The normalized spacial score (nSPS) is 13.0. The van der Waals surface area contributed by atoms with Crippen molar-refractivity contribution in [3.63, 3.8) is 0 Å². The average molecular weight is 430 g/mol. The number of hydrogen-bond donors (Lipinski definition) is 1. The van der Waals surface area contributed by atoms with E-state index < -0.39 is 6.61 Å². The van der Waals surface area contributed by atoms with Gasteiger partial charge in [-0.15, -0.1) is 0 Å². The summed E-state index contributed by atoms with van der Waals surface area (Å²) < 4.78 is 30.0. The SMILES string of the molecule is CC#N.Cc1ccc(NC(=O)N(c2ccccc2C(C)C)C2CCC2)c(OC(F)F)n1. The Morgan fingerprint density at radius 3 is 2.45 bits per heavy atom. The number of carbonyl (C=O) groups excluding carboxylic acids is 1. The number of nitrogens with zero attached hydrogens (tertiary/aromatic N) is 3. The molecule has 0 bridgehead atoms. The van der Waals surface area contributed by atoms with Gasteiger partial charge in [-0.25, -0.2) is 9.78 Å². The van der Waals surface area contributed by atoms with Gasteiger partial charge in [0.25, 0.3) is 0 Å². The first kappa shape index (κ1) is 24.1. The van der Waals surface area contributed by atoms with E-state index in [0.29, 0.717) is 5.69 Å². The number of amides is 2. The Hall–Kier alpha value is -3.21. The summed E-state index contributed by atoms with van der Waals surface area (Å²) in [6, 6.07) is 12.4. The predicted octanol–water partition coefficient (Wildman–Crippen LogP) is 6.24. The van der Waals surface area contributed by atoms with Crippen LogP contribution in [0.25, 0.3) is 0 Å². The molecule has 3 rings (SSSR count). The molecule has 0 aliphatic heterocycles. The number of benzene rings is 1. The van der Waals surface area contributed by atoms with Crippen molar-refractivity contribution in [1.29, 1.82) is 5.26 Å². The Balaban J connectivity index is 0.00000107. The van der Waals surface area contributed by atoms with Crippen LogP contribution in [0.2, 0.25) is 0 Å². The number of aryl methyl sites for hydroxylation is 1. The van der Waals surface area contributed by atoms with Crippen LogP contribution in [0.1, 0.15) is 57.2 Å². The number of rotatable bonds is 6. The largest absolute Gasteiger partial charge is 0.415 e. The van der Waals surface area contributed by atoms with E-state index in [9.17, 15) is 13.6 Å². The highest BCUT2D eigenvalue weighted by Gasteiger charge is 2.32. The predicted molar refractivity (Wildman–Crippen MR) is 117 cm³/mol. The summed E-state index contributed by atoms with van der Waals surface area (Å²) in [4.78, 5) is 18.9. The molecule has 1 heterocycles. The minimum absolute atomic E-state index is 0.0813. The fourth-order valence-corrected chi connectivity index (χ4v) is 3.29. The smallest absolute Gasteiger partial charge is 0.388 e. The lowest BCUT2D eigenvalue weighted by Gasteiger charge is -2.39. The average Bonchev–Trinajstić information content (AvgIpc) is 2.66. The van der Waals surface area contributed by atoms with E-state index >= 15 is 0 Å². The molecule has 0 atom stereocenters.